The molecule has 9 heteroatoms. The minimum Gasteiger partial charge on any atom is -0.294 e. The van der Waals surface area contributed by atoms with Gasteiger partial charge >= 0.3 is 6.18 Å². The molecule has 2 aromatic heterocycles. The van der Waals surface area contributed by atoms with E-state index in [1.807, 2.05) is 0 Å². The van der Waals surface area contributed by atoms with Gasteiger partial charge in [0.2, 0.25) is 0 Å². The average Bonchev–Trinajstić information content (AvgIpc) is 2.80. The van der Waals surface area contributed by atoms with Gasteiger partial charge in [-0.3, -0.25) is 4.79 Å². The molecule has 0 N–H and O–H groups in total. The smallest absolute Gasteiger partial charge is 0.294 e. The maximum atomic E-state index is 12.7. The second kappa shape index (κ2) is 3.92. The number of alkyl halides is 3. The van der Waals surface area contributed by atoms with Crippen LogP contribution in [-0.4, -0.2) is 31.0 Å². The number of halogens is 3. The molecule has 2 rings (SSSR count). The molecule has 6 nitrogen and oxygen atoms in total. The maximum Gasteiger partial charge on any atom is 0.435 e. The molecule has 0 radical (unpaired) electrons. The Hall–Kier alpha value is -2.32. The van der Waals surface area contributed by atoms with E-state index in [4.69, 9.17) is 0 Å². The Kier molecular flexibility index (Phi) is 2.58. The summed E-state index contributed by atoms with van der Waals surface area (Å²) in [7, 11) is 0. The Balaban J connectivity index is 2.63. The van der Waals surface area contributed by atoms with Crippen molar-refractivity contribution in [2.75, 3.05) is 0 Å². The number of aromatic nitrogens is 5. The molecule has 0 unspecified atom stereocenters. The third-order valence-electron chi connectivity index (χ3n) is 1.83. The van der Waals surface area contributed by atoms with Crippen molar-refractivity contribution >= 4 is 6.29 Å². The second-order valence-electron chi connectivity index (χ2n) is 2.92. The first-order valence-electron chi connectivity index (χ1n) is 4.27. The number of carbonyl (C=O) groups excluding carboxylic acids is 1. The molecule has 88 valence electrons. The SMILES string of the molecule is O=Cc1ncc(-n2cncn2)c(C(F)(F)F)n1. The third kappa shape index (κ3) is 2.12. The van der Waals surface area contributed by atoms with Gasteiger partial charge in [0.1, 0.15) is 18.3 Å². The lowest BCUT2D eigenvalue weighted by Gasteiger charge is -2.10. The largest absolute Gasteiger partial charge is 0.435 e. The third-order valence-corrected chi connectivity index (χ3v) is 1.83. The van der Waals surface area contributed by atoms with Crippen molar-refractivity contribution in [2.45, 2.75) is 6.18 Å². The summed E-state index contributed by atoms with van der Waals surface area (Å²) in [6.07, 6.45) is -1.54. The Morgan fingerprint density at radius 1 is 1.35 bits per heavy atom. The van der Waals surface area contributed by atoms with Gasteiger partial charge in [-0.2, -0.15) is 18.3 Å². The highest BCUT2D eigenvalue weighted by atomic mass is 19.4. The highest BCUT2D eigenvalue weighted by Gasteiger charge is 2.37. The molecular weight excluding hydrogens is 239 g/mol. The first kappa shape index (κ1) is 11.2. The van der Waals surface area contributed by atoms with Crippen LogP contribution in [-0.2, 0) is 6.18 Å². The van der Waals surface area contributed by atoms with Gasteiger partial charge in [-0.15, -0.1) is 0 Å². The molecule has 0 atom stereocenters. The van der Waals surface area contributed by atoms with Crippen LogP contribution in [0.1, 0.15) is 16.3 Å². The number of hydrogen-bond donors (Lipinski definition) is 0. The van der Waals surface area contributed by atoms with Gasteiger partial charge in [-0.25, -0.2) is 19.6 Å². The molecule has 0 saturated carbocycles. The lowest BCUT2D eigenvalue weighted by Crippen LogP contribution is -2.16. The van der Waals surface area contributed by atoms with E-state index in [9.17, 15) is 18.0 Å². The van der Waals surface area contributed by atoms with Crippen LogP contribution in [0.15, 0.2) is 18.9 Å². The Morgan fingerprint density at radius 2 is 2.12 bits per heavy atom. The highest BCUT2D eigenvalue weighted by Crippen LogP contribution is 2.31. The van der Waals surface area contributed by atoms with Crippen molar-refractivity contribution < 1.29 is 18.0 Å². The predicted molar refractivity (Wildman–Crippen MR) is 47.3 cm³/mol. The van der Waals surface area contributed by atoms with Crippen LogP contribution in [0.5, 0.6) is 0 Å². The molecule has 0 fully saturated rings. The lowest BCUT2D eigenvalue weighted by molar-refractivity contribution is -0.141. The van der Waals surface area contributed by atoms with E-state index in [0.717, 1.165) is 23.5 Å². The second-order valence-corrected chi connectivity index (χ2v) is 2.92. The van der Waals surface area contributed by atoms with Gasteiger partial charge in [-0.1, -0.05) is 0 Å². The first-order valence-corrected chi connectivity index (χ1v) is 4.27. The van der Waals surface area contributed by atoms with Crippen molar-refractivity contribution in [3.8, 4) is 5.69 Å². The highest BCUT2D eigenvalue weighted by molar-refractivity contribution is 5.69. The molecule has 2 aromatic rings. The van der Waals surface area contributed by atoms with E-state index in [0.29, 0.717) is 0 Å². The van der Waals surface area contributed by atoms with Crippen molar-refractivity contribution in [3.63, 3.8) is 0 Å². The molecule has 17 heavy (non-hydrogen) atoms. The maximum absolute atomic E-state index is 12.7. The van der Waals surface area contributed by atoms with Crippen LogP contribution in [0.3, 0.4) is 0 Å². The molecule has 0 spiro atoms. The zero-order chi connectivity index (χ0) is 12.5. The van der Waals surface area contributed by atoms with Crippen molar-refractivity contribution in [1.29, 1.82) is 0 Å². The predicted octanol–water partition coefficient (Wildman–Crippen LogP) is 0.889. The fourth-order valence-electron chi connectivity index (χ4n) is 1.15. The van der Waals surface area contributed by atoms with E-state index in [-0.39, 0.29) is 12.0 Å². The molecule has 2 heterocycles. The van der Waals surface area contributed by atoms with Gasteiger partial charge in [0, 0.05) is 0 Å². The fraction of sp³-hybridized carbons (Fsp3) is 0.125. The van der Waals surface area contributed by atoms with Gasteiger partial charge < -0.3 is 0 Å². The molecule has 0 aliphatic carbocycles. The van der Waals surface area contributed by atoms with Crippen LogP contribution in [0.2, 0.25) is 0 Å². The standard InChI is InChI=1S/C8H4F3N5O/c9-8(10,11)7-5(16-4-12-3-14-16)1-13-6(2-17)15-7/h1-4H. The summed E-state index contributed by atoms with van der Waals surface area (Å²) in [6, 6.07) is 0. The molecule has 0 saturated heterocycles. The number of rotatable bonds is 2. The minimum absolute atomic E-state index is 0.139. The van der Waals surface area contributed by atoms with E-state index in [1.165, 1.54) is 0 Å². The fourth-order valence-corrected chi connectivity index (χ4v) is 1.15. The Labute approximate surface area is 92.1 Å². The van der Waals surface area contributed by atoms with Gasteiger partial charge in [0.05, 0.1) is 6.20 Å². The van der Waals surface area contributed by atoms with Crippen LogP contribution in [0.4, 0.5) is 13.2 Å². The van der Waals surface area contributed by atoms with Crippen molar-refractivity contribution in [1.82, 2.24) is 24.7 Å². The van der Waals surface area contributed by atoms with Gasteiger partial charge in [0.15, 0.2) is 17.8 Å². The number of hydrogen-bond acceptors (Lipinski definition) is 5. The van der Waals surface area contributed by atoms with Crippen LogP contribution < -0.4 is 0 Å². The number of aldehydes is 1. The Bertz CT molecular complexity index is 537. The Morgan fingerprint density at radius 3 is 2.65 bits per heavy atom. The first-order chi connectivity index (χ1) is 8.02. The summed E-state index contributed by atoms with van der Waals surface area (Å²) in [5.74, 6) is -0.541. The normalized spacial score (nSPS) is 11.5. The average molecular weight is 243 g/mol. The quantitative estimate of drug-likeness (QED) is 0.732. The topological polar surface area (TPSA) is 73.6 Å². The van der Waals surface area contributed by atoms with E-state index < -0.39 is 17.7 Å². The zero-order valence-electron chi connectivity index (χ0n) is 8.09. The molecular formula is C8H4F3N5O. The van der Waals surface area contributed by atoms with Crippen LogP contribution in [0, 0.1) is 0 Å². The summed E-state index contributed by atoms with van der Waals surface area (Å²) in [6.45, 7) is 0. The molecule has 0 bridgehead atoms. The van der Waals surface area contributed by atoms with Crippen LogP contribution in [0.25, 0.3) is 5.69 Å². The molecule has 0 amide bonds. The van der Waals surface area contributed by atoms with Crippen molar-refractivity contribution in [3.05, 3.63) is 30.4 Å². The molecule has 0 aromatic carbocycles. The summed E-state index contributed by atoms with van der Waals surface area (Å²) in [5, 5.41) is 3.55. The monoisotopic (exact) mass is 243 g/mol. The van der Waals surface area contributed by atoms with E-state index in [2.05, 4.69) is 20.1 Å². The van der Waals surface area contributed by atoms with Gasteiger partial charge in [-0.05, 0) is 0 Å². The van der Waals surface area contributed by atoms with Gasteiger partial charge in [0.25, 0.3) is 0 Å². The summed E-state index contributed by atoms with van der Waals surface area (Å²) in [4.78, 5) is 20.5. The molecule has 0 aliphatic heterocycles. The lowest BCUT2D eigenvalue weighted by atomic mass is 10.3. The van der Waals surface area contributed by atoms with E-state index in [1.54, 1.807) is 0 Å². The van der Waals surface area contributed by atoms with Crippen molar-refractivity contribution in [2.24, 2.45) is 0 Å². The summed E-state index contributed by atoms with van der Waals surface area (Å²) < 4.78 is 38.9. The zero-order valence-corrected chi connectivity index (χ0v) is 8.09. The molecule has 0 aliphatic rings. The number of nitrogens with zero attached hydrogens (tertiary/aromatic N) is 5. The van der Waals surface area contributed by atoms with Crippen LogP contribution >= 0.6 is 0 Å². The number of carbonyl (C=O) groups is 1. The minimum atomic E-state index is -4.71. The summed E-state index contributed by atoms with van der Waals surface area (Å²) in [5.41, 5.74) is -1.62. The van der Waals surface area contributed by atoms with E-state index >= 15 is 0 Å². The summed E-state index contributed by atoms with van der Waals surface area (Å²) >= 11 is 0.